The zero-order chi connectivity index (χ0) is 8.74. The quantitative estimate of drug-likeness (QED) is 0.631. The van der Waals surface area contributed by atoms with Crippen molar-refractivity contribution in [3.05, 3.63) is 0 Å². The molecule has 0 aliphatic carbocycles. The molecule has 0 unspecified atom stereocenters. The van der Waals surface area contributed by atoms with Crippen LogP contribution in [-0.4, -0.2) is 19.9 Å². The molecule has 0 amide bonds. The molecule has 4 nitrogen and oxygen atoms in total. The molecule has 11 heavy (non-hydrogen) atoms. The summed E-state index contributed by atoms with van der Waals surface area (Å²) in [5, 5.41) is 0. The highest BCUT2D eigenvalue weighted by Gasteiger charge is 2.11. The molecule has 68 valence electrons. The first-order valence-electron chi connectivity index (χ1n) is 2.99. The van der Waals surface area contributed by atoms with Gasteiger partial charge in [0.2, 0.25) is 0 Å². The molecule has 7 heteroatoms. The van der Waals surface area contributed by atoms with Crippen molar-refractivity contribution in [2.75, 3.05) is 11.5 Å². The van der Waals surface area contributed by atoms with Gasteiger partial charge in [-0.25, -0.2) is 0 Å². The van der Waals surface area contributed by atoms with Gasteiger partial charge in [0.15, 0.2) is 0 Å². The summed E-state index contributed by atoms with van der Waals surface area (Å²) in [7, 11) is -3.78. The van der Waals surface area contributed by atoms with E-state index in [1.807, 2.05) is 0 Å². The largest absolute Gasteiger partial charge is 0.421 e. The van der Waals surface area contributed by atoms with E-state index in [4.69, 9.17) is 0 Å². The predicted octanol–water partition coefficient (Wildman–Crippen LogP) is 1.60. The molecule has 0 aromatic carbocycles. The maximum Gasteiger partial charge on any atom is 0.421 e. The standard InChI is InChI=1S/C4H10O4S3/c1-3-9-7-11(5,6)8-10-4-2/h3-4H2,1-2H3. The van der Waals surface area contributed by atoms with Crippen molar-refractivity contribution in [3.63, 3.8) is 0 Å². The second-order valence-electron chi connectivity index (χ2n) is 1.36. The van der Waals surface area contributed by atoms with Gasteiger partial charge in [-0.05, 0) is 0 Å². The molecule has 0 heterocycles. The third kappa shape index (κ3) is 6.95. The van der Waals surface area contributed by atoms with Crippen molar-refractivity contribution in [2.45, 2.75) is 13.8 Å². The lowest BCUT2D eigenvalue weighted by atomic mass is 11.0. The van der Waals surface area contributed by atoms with E-state index < -0.39 is 10.4 Å². The lowest BCUT2D eigenvalue weighted by Gasteiger charge is -1.99. The second-order valence-corrected chi connectivity index (χ2v) is 4.89. The van der Waals surface area contributed by atoms with Crippen molar-refractivity contribution in [1.29, 1.82) is 0 Å². The summed E-state index contributed by atoms with van der Waals surface area (Å²) < 4.78 is 30.0. The Morgan fingerprint density at radius 1 is 1.09 bits per heavy atom. The van der Waals surface area contributed by atoms with E-state index in [-0.39, 0.29) is 0 Å². The molecule has 0 bridgehead atoms. The van der Waals surface area contributed by atoms with Crippen LogP contribution in [0.4, 0.5) is 0 Å². The Balaban J connectivity index is 3.63. The van der Waals surface area contributed by atoms with Gasteiger partial charge in [-0.1, -0.05) is 13.8 Å². The van der Waals surface area contributed by atoms with E-state index in [9.17, 15) is 8.42 Å². The van der Waals surface area contributed by atoms with Crippen LogP contribution >= 0.6 is 24.1 Å². The van der Waals surface area contributed by atoms with Gasteiger partial charge in [-0.2, -0.15) is 15.7 Å². The molecule has 0 N–H and O–H groups in total. The Kier molecular flexibility index (Phi) is 6.44. The average molecular weight is 218 g/mol. The van der Waals surface area contributed by atoms with Gasteiger partial charge in [0.1, 0.15) is 0 Å². The summed E-state index contributed by atoms with van der Waals surface area (Å²) in [6.07, 6.45) is 0. The van der Waals surface area contributed by atoms with E-state index >= 15 is 0 Å². The molecule has 0 aliphatic heterocycles. The Morgan fingerprint density at radius 3 is 1.73 bits per heavy atom. The highest BCUT2D eigenvalue weighted by Crippen LogP contribution is 2.14. The van der Waals surface area contributed by atoms with Crippen molar-refractivity contribution < 1.29 is 15.7 Å². The van der Waals surface area contributed by atoms with Crippen LogP contribution in [0.15, 0.2) is 0 Å². The van der Waals surface area contributed by atoms with Gasteiger partial charge in [0.05, 0.1) is 0 Å². The fourth-order valence-corrected chi connectivity index (χ4v) is 2.23. The fraction of sp³-hybridized carbons (Fsp3) is 1.00. The highest BCUT2D eigenvalue weighted by atomic mass is 32.3. The molecule has 0 atom stereocenters. The molecule has 0 aromatic heterocycles. The van der Waals surface area contributed by atoms with Gasteiger partial charge < -0.3 is 0 Å². The molecule has 0 saturated heterocycles. The van der Waals surface area contributed by atoms with Gasteiger partial charge in [0, 0.05) is 35.6 Å². The summed E-state index contributed by atoms with van der Waals surface area (Å²) in [5.74, 6) is 1.14. The van der Waals surface area contributed by atoms with Crippen LogP contribution in [0, 0.1) is 0 Å². The predicted molar refractivity (Wildman–Crippen MR) is 47.4 cm³/mol. The second kappa shape index (κ2) is 6.13. The van der Waals surface area contributed by atoms with E-state index in [0.29, 0.717) is 11.5 Å². The maximum absolute atomic E-state index is 10.7. The molecule has 0 saturated carbocycles. The lowest BCUT2D eigenvalue weighted by molar-refractivity contribution is 0.438. The fourth-order valence-electron chi connectivity index (χ4n) is 0.225. The summed E-state index contributed by atoms with van der Waals surface area (Å²) in [5.41, 5.74) is 0. The lowest BCUT2D eigenvalue weighted by Crippen LogP contribution is -2.01. The molecule has 0 spiro atoms. The summed E-state index contributed by atoms with van der Waals surface area (Å²) in [6.45, 7) is 3.57. The first kappa shape index (κ1) is 11.6. The van der Waals surface area contributed by atoms with E-state index in [0.717, 1.165) is 24.1 Å². The molecular weight excluding hydrogens is 208 g/mol. The highest BCUT2D eigenvalue weighted by molar-refractivity contribution is 8.08. The van der Waals surface area contributed by atoms with E-state index in [1.165, 1.54) is 0 Å². The van der Waals surface area contributed by atoms with Crippen LogP contribution in [-0.2, 0) is 17.7 Å². The Labute approximate surface area is 75.8 Å². The van der Waals surface area contributed by atoms with Crippen molar-refractivity contribution in [2.24, 2.45) is 0 Å². The van der Waals surface area contributed by atoms with Crippen molar-refractivity contribution >= 4 is 34.5 Å². The monoisotopic (exact) mass is 218 g/mol. The SMILES string of the molecule is CCSOS(=O)(=O)OSCC. The summed E-state index contributed by atoms with van der Waals surface area (Å²) in [6, 6.07) is 0. The van der Waals surface area contributed by atoms with Gasteiger partial charge in [-0.3, -0.25) is 0 Å². The van der Waals surface area contributed by atoms with Crippen molar-refractivity contribution in [1.82, 2.24) is 0 Å². The van der Waals surface area contributed by atoms with E-state index in [2.05, 4.69) is 7.26 Å². The van der Waals surface area contributed by atoms with Crippen LogP contribution in [0.5, 0.6) is 0 Å². The summed E-state index contributed by atoms with van der Waals surface area (Å²) >= 11 is 1.68. The zero-order valence-electron chi connectivity index (χ0n) is 6.27. The molecular formula is C4H10O4S3. The smallest absolute Gasteiger partial charge is 0.175 e. The number of hydrogen-bond acceptors (Lipinski definition) is 6. The third-order valence-corrected chi connectivity index (χ3v) is 3.07. The molecule has 0 rings (SSSR count). The zero-order valence-corrected chi connectivity index (χ0v) is 8.72. The molecule has 0 aromatic rings. The minimum absolute atomic E-state index is 0.569. The Morgan fingerprint density at radius 2 is 1.45 bits per heavy atom. The number of hydrogen-bond donors (Lipinski definition) is 0. The average Bonchev–Trinajstić information content (AvgIpc) is 1.97. The summed E-state index contributed by atoms with van der Waals surface area (Å²) in [4.78, 5) is 0. The van der Waals surface area contributed by atoms with Crippen molar-refractivity contribution in [3.8, 4) is 0 Å². The topological polar surface area (TPSA) is 52.6 Å². The van der Waals surface area contributed by atoms with E-state index in [1.54, 1.807) is 13.8 Å². The van der Waals surface area contributed by atoms with Crippen LogP contribution in [0.25, 0.3) is 0 Å². The normalized spacial score (nSPS) is 11.8. The van der Waals surface area contributed by atoms with Gasteiger partial charge in [-0.15, -0.1) is 0 Å². The maximum atomic E-state index is 10.7. The minimum atomic E-state index is -3.78. The molecule has 0 radical (unpaired) electrons. The third-order valence-electron chi connectivity index (χ3n) is 0.499. The Bertz CT molecular complexity index is 162. The first-order valence-corrected chi connectivity index (χ1v) is 6.15. The Hall–Kier alpha value is 0.570. The first-order chi connectivity index (χ1) is 5.12. The van der Waals surface area contributed by atoms with Gasteiger partial charge in [0.25, 0.3) is 0 Å². The van der Waals surface area contributed by atoms with Crippen LogP contribution in [0.1, 0.15) is 13.8 Å². The number of rotatable bonds is 6. The van der Waals surface area contributed by atoms with Gasteiger partial charge >= 0.3 is 10.4 Å². The van der Waals surface area contributed by atoms with Crippen LogP contribution < -0.4 is 0 Å². The van der Waals surface area contributed by atoms with Crippen LogP contribution in [0.2, 0.25) is 0 Å². The molecule has 0 aliphatic rings. The van der Waals surface area contributed by atoms with Crippen LogP contribution in [0.3, 0.4) is 0 Å². The minimum Gasteiger partial charge on any atom is -0.175 e. The molecule has 0 fully saturated rings.